The van der Waals surface area contributed by atoms with Crippen molar-refractivity contribution in [2.75, 3.05) is 0 Å². The SMILES string of the molecule is Cc1ccccc1-c1c2c(cc[n+]1C)CCC2.Cc1ccccc1-c1c2c(cc[n+]1C)CCCC2.Cc1ccccc1-c1cc2c(c[n+]1C)CCC2.Cc1ccccc1-c1cc2c(c[n+]1C)CCCC2.[2H]C([2H])([2H])C([2H])(C)c1ccc(-c2ccccc2C)[n+](C)c1C.[2H]C1([2H])CCCc2c[n+](C)c(-c3ccccc3C)cc21. The van der Waals surface area contributed by atoms with Gasteiger partial charge >= 0.3 is 0 Å². The first-order chi connectivity index (χ1) is 53.6. The monoisotopic (exact) mass is 1410 g/mol. The molecule has 6 nitrogen and oxygen atoms in total. The van der Waals surface area contributed by atoms with E-state index in [1.54, 1.807) is 45.0 Å². The number of aryl methyl sites for hydroxylation is 19. The summed E-state index contributed by atoms with van der Waals surface area (Å²) < 4.78 is 60.9. The average Bonchev–Trinajstić information content (AvgIpc) is 0.914. The summed E-state index contributed by atoms with van der Waals surface area (Å²) in [5.41, 5.74) is 39.0. The lowest BCUT2D eigenvalue weighted by atomic mass is 9.88. The molecule has 5 aliphatic carbocycles. The Morgan fingerprint density at radius 3 is 1.05 bits per heavy atom. The van der Waals surface area contributed by atoms with E-state index < -0.39 is 19.1 Å². The molecule has 6 heterocycles. The molecule has 1 atom stereocenters. The van der Waals surface area contributed by atoms with Gasteiger partial charge in [-0.25, -0.2) is 22.8 Å². The first kappa shape index (κ1) is 68.1. The Morgan fingerprint density at radius 2 is 0.623 bits per heavy atom. The first-order valence-corrected chi connectivity index (χ1v) is 39.0. The van der Waals surface area contributed by atoms with Crippen LogP contribution in [-0.2, 0) is 106 Å². The molecule has 5 aliphatic rings. The van der Waals surface area contributed by atoms with E-state index in [1.165, 1.54) is 181 Å². The molecule has 106 heavy (non-hydrogen) atoms. The van der Waals surface area contributed by atoms with E-state index in [-0.39, 0.29) is 0 Å². The molecule has 0 aliphatic heterocycles. The number of hydrogen-bond acceptors (Lipinski definition) is 0. The van der Waals surface area contributed by atoms with Gasteiger partial charge in [0.2, 0.25) is 34.2 Å². The fourth-order valence-electron chi connectivity index (χ4n) is 16.7. The standard InChI is InChI=1S/3C17H20N.C17H22N.2C16H18N/c2*1-13-7-3-6-10-16(13)17-11-14-8-4-5-9-15(14)12-18(17)2;1-13-7-3-5-9-15(13)17-16-10-6-4-8-14(16)11-12-18(17)2;1-12(2)15-10-11-17(18(5)14(15)4)16-9-7-6-8-13(16)3;1-12-6-3-4-9-15(12)16-10-13-7-5-8-14(13)11-17(16)2;1-12-6-3-4-8-14(12)16-15-9-5-7-13(15)10-11-17(16)2/h2*3,6-7,10-12H,4-5,8-9H2,1-2H3;3,5,7,9,11-12H,4,6,8,10H2,1-2H3;6-12H,1-5H3;3-4,6,9-11H,5,7-8H2,1-2H3;3-4,6,8,10-11H,5,7,9H2,1-2H3/q6*+1/i8D2;;;1D3,12D;;. The van der Waals surface area contributed by atoms with E-state index in [4.69, 9.17) is 8.22 Å². The fourth-order valence-corrected chi connectivity index (χ4v) is 16.7. The molecule has 12 aromatic rings. The van der Waals surface area contributed by atoms with Gasteiger partial charge in [-0.2, -0.15) is 4.57 Å². The molecule has 0 radical (unpaired) electrons. The van der Waals surface area contributed by atoms with Crippen molar-refractivity contribution in [3.8, 4) is 67.5 Å². The van der Waals surface area contributed by atoms with Gasteiger partial charge < -0.3 is 0 Å². The van der Waals surface area contributed by atoms with Crippen molar-refractivity contribution < 1.29 is 35.6 Å². The molecular formula is C100H118N6+6. The Labute approximate surface area is 644 Å². The number of fused-ring (bicyclic) bond motifs is 5. The molecule has 0 spiro atoms. The zero-order valence-corrected chi connectivity index (χ0v) is 66.0. The van der Waals surface area contributed by atoms with E-state index in [9.17, 15) is 0 Å². The van der Waals surface area contributed by atoms with Gasteiger partial charge in [0, 0.05) is 118 Å². The van der Waals surface area contributed by atoms with Gasteiger partial charge in [-0.15, -0.1) is 0 Å². The van der Waals surface area contributed by atoms with Gasteiger partial charge in [-0.1, -0.05) is 123 Å². The number of hydrogen-bond donors (Lipinski definition) is 0. The lowest BCUT2D eigenvalue weighted by molar-refractivity contribution is -0.667. The van der Waals surface area contributed by atoms with E-state index >= 15 is 0 Å². The van der Waals surface area contributed by atoms with Gasteiger partial charge in [0.15, 0.2) is 36.7 Å². The van der Waals surface area contributed by atoms with Gasteiger partial charge in [0.1, 0.15) is 42.3 Å². The number of pyridine rings is 6. The third kappa shape index (κ3) is 17.5. The van der Waals surface area contributed by atoms with Crippen molar-refractivity contribution in [2.45, 2.75) is 184 Å². The van der Waals surface area contributed by atoms with E-state index in [1.807, 2.05) is 62.0 Å². The molecule has 0 saturated carbocycles. The minimum atomic E-state index is -2.37. The molecule has 0 fully saturated rings. The van der Waals surface area contributed by atoms with Crippen molar-refractivity contribution in [1.82, 2.24) is 0 Å². The van der Waals surface area contributed by atoms with Crippen LogP contribution in [0.4, 0.5) is 0 Å². The minimum absolute atomic E-state index is 0.535. The lowest BCUT2D eigenvalue weighted by Gasteiger charge is -2.17. The Balaban J connectivity index is 0.000000125. The van der Waals surface area contributed by atoms with Crippen molar-refractivity contribution in [1.29, 1.82) is 0 Å². The highest BCUT2D eigenvalue weighted by Gasteiger charge is 2.28. The fraction of sp³-hybridized carbons (Fsp3) is 0.340. The lowest BCUT2D eigenvalue weighted by Crippen LogP contribution is -2.36. The molecular weight excluding hydrogens is 1290 g/mol. The predicted octanol–water partition coefficient (Wildman–Crippen LogP) is 20.0. The highest BCUT2D eigenvalue weighted by Crippen LogP contribution is 2.35. The Kier molecular flexibility index (Phi) is 22.5. The molecule has 0 saturated heterocycles. The quantitative estimate of drug-likeness (QED) is 0.142. The second-order valence-electron chi connectivity index (χ2n) is 30.3. The van der Waals surface area contributed by atoms with E-state index in [2.05, 4.69) is 269 Å². The highest BCUT2D eigenvalue weighted by atomic mass is 15.0. The maximum atomic E-state index is 8.30. The van der Waals surface area contributed by atoms with Gasteiger partial charge in [0.25, 0.3) is 0 Å². The zero-order valence-electron chi connectivity index (χ0n) is 72.0. The third-order valence-electron chi connectivity index (χ3n) is 22.8. The second-order valence-corrected chi connectivity index (χ2v) is 30.3. The Hall–Kier alpha value is -9.78. The van der Waals surface area contributed by atoms with Crippen molar-refractivity contribution in [2.24, 2.45) is 42.3 Å². The summed E-state index contributed by atoms with van der Waals surface area (Å²) in [6.07, 6.45) is 30.4. The van der Waals surface area contributed by atoms with Crippen molar-refractivity contribution >= 4 is 0 Å². The molecule has 6 heteroatoms. The molecule has 1 unspecified atom stereocenters. The predicted molar refractivity (Wildman–Crippen MR) is 440 cm³/mol. The van der Waals surface area contributed by atoms with Gasteiger partial charge in [0.05, 0.1) is 0 Å². The smallest absolute Gasteiger partial charge is 0.201 e. The molecule has 0 bridgehead atoms. The number of nitrogens with zero attached hydrogens (tertiary/aromatic N) is 6. The Morgan fingerprint density at radius 1 is 0.311 bits per heavy atom. The second kappa shape index (κ2) is 35.1. The van der Waals surface area contributed by atoms with Crippen LogP contribution in [0.2, 0.25) is 0 Å². The summed E-state index contributed by atoms with van der Waals surface area (Å²) in [6, 6.07) is 66.1. The highest BCUT2D eigenvalue weighted by molar-refractivity contribution is 5.68. The Bertz CT molecular complexity index is 5390. The normalized spacial score (nSPS) is 15.6. The first-order valence-electron chi connectivity index (χ1n) is 42.0. The van der Waals surface area contributed by atoms with Crippen molar-refractivity contribution in [3.63, 3.8) is 0 Å². The largest absolute Gasteiger partial charge is 0.216 e. The summed E-state index contributed by atoms with van der Waals surface area (Å²) in [4.78, 5) is 0. The number of aromatic nitrogens is 6. The topological polar surface area (TPSA) is 23.3 Å². The summed E-state index contributed by atoms with van der Waals surface area (Å²) >= 11 is 0. The molecule has 0 N–H and O–H groups in total. The summed E-state index contributed by atoms with van der Waals surface area (Å²) in [5.74, 6) is -1.63. The summed E-state index contributed by atoms with van der Waals surface area (Å²) in [6.45, 7) is 13.9. The van der Waals surface area contributed by atoms with Crippen LogP contribution in [-0.4, -0.2) is 0 Å². The van der Waals surface area contributed by atoms with Gasteiger partial charge in [-0.05, 0) is 267 Å². The van der Waals surface area contributed by atoms with Crippen LogP contribution >= 0.6 is 0 Å². The minimum Gasteiger partial charge on any atom is -0.201 e. The molecule has 6 aromatic heterocycles. The van der Waals surface area contributed by atoms with E-state index in [0.29, 0.717) is 12.0 Å². The molecule has 6 aromatic carbocycles. The van der Waals surface area contributed by atoms with Crippen LogP contribution in [0.1, 0.15) is 180 Å². The van der Waals surface area contributed by atoms with E-state index in [0.717, 1.165) is 52.2 Å². The molecule has 17 rings (SSSR count). The van der Waals surface area contributed by atoms with Crippen LogP contribution in [0.15, 0.2) is 219 Å². The van der Waals surface area contributed by atoms with Crippen LogP contribution in [0, 0.1) is 48.5 Å². The van der Waals surface area contributed by atoms with Crippen LogP contribution in [0.25, 0.3) is 67.5 Å². The van der Waals surface area contributed by atoms with Crippen LogP contribution in [0.3, 0.4) is 0 Å². The average molecular weight is 1410 g/mol. The van der Waals surface area contributed by atoms with Crippen molar-refractivity contribution in [3.05, 3.63) is 319 Å². The third-order valence-corrected chi connectivity index (χ3v) is 22.8. The number of benzene rings is 6. The number of rotatable bonds is 7. The molecule has 542 valence electrons. The maximum absolute atomic E-state index is 8.30. The maximum Gasteiger partial charge on any atom is 0.216 e. The summed E-state index contributed by atoms with van der Waals surface area (Å²) in [5, 5.41) is 0. The summed E-state index contributed by atoms with van der Waals surface area (Å²) in [7, 11) is 12.6. The van der Waals surface area contributed by atoms with Gasteiger partial charge in [-0.3, -0.25) is 0 Å². The zero-order chi connectivity index (χ0) is 79.8. The van der Waals surface area contributed by atoms with Crippen LogP contribution in [0.5, 0.6) is 0 Å². The van der Waals surface area contributed by atoms with Crippen LogP contribution < -0.4 is 27.4 Å². The molecule has 0 amide bonds.